The Morgan fingerprint density at radius 1 is 1.05 bits per heavy atom. The fourth-order valence-electron chi connectivity index (χ4n) is 2.26. The van der Waals surface area contributed by atoms with Gasteiger partial charge in [-0.1, -0.05) is 32.9 Å². The van der Waals surface area contributed by atoms with Crippen LogP contribution in [0.3, 0.4) is 0 Å². The SMILES string of the molecule is Cc1cc(C(C)(C)C)cc(C)c1S(=O)(=O)NC(C)(C)CN. The second-order valence-electron chi connectivity index (χ2n) is 7.38. The summed E-state index contributed by atoms with van der Waals surface area (Å²) in [5, 5.41) is 0. The number of nitrogens with two attached hydrogens (primary N) is 1. The van der Waals surface area contributed by atoms with E-state index in [1.54, 1.807) is 13.8 Å². The second kappa shape index (κ2) is 5.71. The lowest BCUT2D eigenvalue weighted by molar-refractivity contribution is 0.462. The minimum Gasteiger partial charge on any atom is -0.329 e. The van der Waals surface area contributed by atoms with Crippen LogP contribution in [0.15, 0.2) is 17.0 Å². The zero-order chi connectivity index (χ0) is 16.6. The van der Waals surface area contributed by atoms with Crippen LogP contribution in [-0.2, 0) is 15.4 Å². The van der Waals surface area contributed by atoms with E-state index in [1.165, 1.54) is 0 Å². The van der Waals surface area contributed by atoms with Crippen molar-refractivity contribution in [3.8, 4) is 0 Å². The van der Waals surface area contributed by atoms with E-state index in [1.807, 2.05) is 26.0 Å². The predicted molar refractivity (Wildman–Crippen MR) is 88.1 cm³/mol. The molecule has 4 nitrogen and oxygen atoms in total. The fourth-order valence-corrected chi connectivity index (χ4v) is 4.14. The lowest BCUT2D eigenvalue weighted by atomic mass is 9.85. The molecule has 3 N–H and O–H groups in total. The summed E-state index contributed by atoms with van der Waals surface area (Å²) in [6.45, 7) is 13.8. The summed E-state index contributed by atoms with van der Waals surface area (Å²) in [5.74, 6) is 0. The molecule has 0 fully saturated rings. The van der Waals surface area contributed by atoms with Crippen molar-refractivity contribution in [3.63, 3.8) is 0 Å². The number of aryl methyl sites for hydroxylation is 2. The van der Waals surface area contributed by atoms with Crippen molar-refractivity contribution in [2.75, 3.05) is 6.54 Å². The van der Waals surface area contributed by atoms with E-state index in [4.69, 9.17) is 5.73 Å². The molecule has 0 amide bonds. The average Bonchev–Trinajstić information content (AvgIpc) is 2.24. The molecule has 0 saturated carbocycles. The van der Waals surface area contributed by atoms with Crippen LogP contribution in [0.4, 0.5) is 0 Å². The first-order chi connectivity index (χ1) is 9.30. The molecular formula is C16H28N2O2S. The molecule has 0 radical (unpaired) electrons. The largest absolute Gasteiger partial charge is 0.329 e. The standard InChI is InChI=1S/C16H28N2O2S/c1-11-8-13(15(3,4)5)9-12(2)14(11)21(19,20)18-16(6,7)10-17/h8-9,18H,10,17H2,1-7H3. The Bertz CT molecular complexity index is 603. The number of hydrogen-bond donors (Lipinski definition) is 2. The zero-order valence-corrected chi connectivity index (χ0v) is 15.0. The molecule has 0 aliphatic rings. The van der Waals surface area contributed by atoms with E-state index >= 15 is 0 Å². The fraction of sp³-hybridized carbons (Fsp3) is 0.625. The number of rotatable bonds is 4. The van der Waals surface area contributed by atoms with Gasteiger partial charge in [0.2, 0.25) is 10.0 Å². The Morgan fingerprint density at radius 3 is 1.81 bits per heavy atom. The highest BCUT2D eigenvalue weighted by Crippen LogP contribution is 2.29. The lowest BCUT2D eigenvalue weighted by Gasteiger charge is -2.26. The quantitative estimate of drug-likeness (QED) is 0.897. The van der Waals surface area contributed by atoms with Crippen molar-refractivity contribution in [1.82, 2.24) is 4.72 Å². The molecule has 120 valence electrons. The Balaban J connectivity index is 3.39. The minimum absolute atomic E-state index is 0.0121. The van der Waals surface area contributed by atoms with E-state index in [0.29, 0.717) is 4.90 Å². The van der Waals surface area contributed by atoms with Crippen molar-refractivity contribution in [2.45, 2.75) is 64.3 Å². The Hall–Kier alpha value is -0.910. The van der Waals surface area contributed by atoms with Crippen molar-refractivity contribution in [1.29, 1.82) is 0 Å². The molecule has 0 aliphatic heterocycles. The van der Waals surface area contributed by atoms with Gasteiger partial charge in [-0.05, 0) is 49.8 Å². The summed E-state index contributed by atoms with van der Waals surface area (Å²) in [6.07, 6.45) is 0. The third-order valence-electron chi connectivity index (χ3n) is 3.52. The average molecular weight is 312 g/mol. The van der Waals surface area contributed by atoms with Gasteiger partial charge in [-0.15, -0.1) is 0 Å². The van der Waals surface area contributed by atoms with Crippen LogP contribution in [-0.4, -0.2) is 20.5 Å². The van der Waals surface area contributed by atoms with Gasteiger partial charge in [0.05, 0.1) is 4.90 Å². The summed E-state index contributed by atoms with van der Waals surface area (Å²) in [4.78, 5) is 0.358. The molecule has 0 bridgehead atoms. The second-order valence-corrected chi connectivity index (χ2v) is 9.00. The molecule has 0 unspecified atom stereocenters. The maximum atomic E-state index is 12.6. The predicted octanol–water partition coefficient (Wildman–Crippen LogP) is 2.62. The van der Waals surface area contributed by atoms with Gasteiger partial charge in [0.15, 0.2) is 0 Å². The first-order valence-corrected chi connectivity index (χ1v) is 8.64. The maximum absolute atomic E-state index is 12.6. The molecule has 0 aliphatic carbocycles. The van der Waals surface area contributed by atoms with Gasteiger partial charge in [0, 0.05) is 12.1 Å². The van der Waals surface area contributed by atoms with Crippen LogP contribution in [0.2, 0.25) is 0 Å². The van der Waals surface area contributed by atoms with Crippen molar-refractivity contribution in [2.24, 2.45) is 5.73 Å². The Labute approximate surface area is 129 Å². The van der Waals surface area contributed by atoms with Gasteiger partial charge < -0.3 is 5.73 Å². The van der Waals surface area contributed by atoms with E-state index in [2.05, 4.69) is 25.5 Å². The third-order valence-corrected chi connectivity index (χ3v) is 5.52. The zero-order valence-electron chi connectivity index (χ0n) is 14.2. The van der Waals surface area contributed by atoms with Gasteiger partial charge in [-0.3, -0.25) is 0 Å². The van der Waals surface area contributed by atoms with Crippen LogP contribution < -0.4 is 10.5 Å². The number of hydrogen-bond acceptors (Lipinski definition) is 3. The Kier molecular flexibility index (Phi) is 4.93. The maximum Gasteiger partial charge on any atom is 0.241 e. The minimum atomic E-state index is -3.58. The van der Waals surface area contributed by atoms with E-state index in [0.717, 1.165) is 16.7 Å². The van der Waals surface area contributed by atoms with E-state index in [-0.39, 0.29) is 12.0 Å². The van der Waals surface area contributed by atoms with Crippen LogP contribution in [0, 0.1) is 13.8 Å². The van der Waals surface area contributed by atoms with Gasteiger partial charge in [0.25, 0.3) is 0 Å². The summed E-state index contributed by atoms with van der Waals surface area (Å²) in [7, 11) is -3.58. The Morgan fingerprint density at radius 2 is 1.48 bits per heavy atom. The molecule has 5 heteroatoms. The molecular weight excluding hydrogens is 284 g/mol. The number of nitrogens with one attached hydrogen (secondary N) is 1. The first kappa shape index (κ1) is 18.1. The molecule has 0 atom stereocenters. The van der Waals surface area contributed by atoms with Crippen LogP contribution in [0.25, 0.3) is 0 Å². The number of sulfonamides is 1. The van der Waals surface area contributed by atoms with Gasteiger partial charge in [-0.2, -0.15) is 0 Å². The molecule has 0 aromatic heterocycles. The summed E-state index contributed by atoms with van der Waals surface area (Å²) >= 11 is 0. The highest BCUT2D eigenvalue weighted by molar-refractivity contribution is 7.89. The van der Waals surface area contributed by atoms with Crippen LogP contribution in [0.1, 0.15) is 51.3 Å². The van der Waals surface area contributed by atoms with E-state index in [9.17, 15) is 8.42 Å². The highest BCUT2D eigenvalue weighted by atomic mass is 32.2. The van der Waals surface area contributed by atoms with E-state index < -0.39 is 15.6 Å². The molecule has 1 aromatic rings. The molecule has 21 heavy (non-hydrogen) atoms. The van der Waals surface area contributed by atoms with Crippen LogP contribution >= 0.6 is 0 Å². The monoisotopic (exact) mass is 312 g/mol. The first-order valence-electron chi connectivity index (χ1n) is 7.16. The summed E-state index contributed by atoms with van der Waals surface area (Å²) in [6, 6.07) is 3.91. The molecule has 1 rings (SSSR count). The molecule has 0 spiro atoms. The molecule has 0 heterocycles. The number of benzene rings is 1. The van der Waals surface area contributed by atoms with Crippen molar-refractivity contribution >= 4 is 10.0 Å². The summed E-state index contributed by atoms with van der Waals surface area (Å²) < 4.78 is 28.0. The normalized spacial score (nSPS) is 13.5. The lowest BCUT2D eigenvalue weighted by Crippen LogP contribution is -2.49. The van der Waals surface area contributed by atoms with Gasteiger partial charge >= 0.3 is 0 Å². The topological polar surface area (TPSA) is 72.2 Å². The highest BCUT2D eigenvalue weighted by Gasteiger charge is 2.28. The molecule has 1 aromatic carbocycles. The third kappa shape index (κ3) is 4.28. The van der Waals surface area contributed by atoms with Gasteiger partial charge in [-0.25, -0.2) is 13.1 Å². The summed E-state index contributed by atoms with van der Waals surface area (Å²) in [5.41, 5.74) is 7.61. The smallest absolute Gasteiger partial charge is 0.241 e. The van der Waals surface area contributed by atoms with Crippen molar-refractivity contribution in [3.05, 3.63) is 28.8 Å². The molecule has 0 saturated heterocycles. The van der Waals surface area contributed by atoms with Crippen LogP contribution in [0.5, 0.6) is 0 Å². The van der Waals surface area contributed by atoms with Gasteiger partial charge in [0.1, 0.15) is 0 Å². The van der Waals surface area contributed by atoms with Crippen molar-refractivity contribution < 1.29 is 8.42 Å².